The van der Waals surface area contributed by atoms with Gasteiger partial charge in [0.2, 0.25) is 0 Å². The van der Waals surface area contributed by atoms with Crippen LogP contribution < -0.4 is 10.2 Å². The number of pyridine rings is 2. The first kappa shape index (κ1) is 22.6. The van der Waals surface area contributed by atoms with Crippen LogP contribution in [0.3, 0.4) is 0 Å². The Morgan fingerprint density at radius 3 is 2.04 bits per heavy atom. The molecule has 0 aromatic carbocycles. The molecule has 0 fully saturated rings. The maximum Gasteiger partial charge on any atom is 2.00 e. The Bertz CT molecular complexity index is 661. The SMILES string of the molecule is O.O=C([O-])c1ccc(O)c(-c2nc(C(=O)O)ccc2[O-])n1.[Cu+2].[OH3+]. The van der Waals surface area contributed by atoms with Crippen LogP contribution in [0.4, 0.5) is 0 Å². The van der Waals surface area contributed by atoms with Gasteiger partial charge in [0.1, 0.15) is 17.1 Å². The molecule has 0 aliphatic carbocycles. The third-order valence-electron chi connectivity index (χ3n) is 2.38. The molecule has 0 aliphatic heterocycles. The van der Waals surface area contributed by atoms with Gasteiger partial charge in [0.05, 0.1) is 17.4 Å². The van der Waals surface area contributed by atoms with Gasteiger partial charge in [0.25, 0.3) is 0 Å². The van der Waals surface area contributed by atoms with Gasteiger partial charge in [-0.15, -0.1) is 0 Å². The Morgan fingerprint density at radius 2 is 1.52 bits per heavy atom. The summed E-state index contributed by atoms with van der Waals surface area (Å²) >= 11 is 0. The molecule has 2 rings (SSSR count). The number of carbonyl (C=O) groups is 2. The zero-order chi connectivity index (χ0) is 14.9. The van der Waals surface area contributed by atoms with Crippen molar-refractivity contribution in [2.45, 2.75) is 0 Å². The molecular formula is C12H11CuN2O8+. The second kappa shape index (κ2) is 8.66. The molecule has 0 saturated heterocycles. The standard InChI is InChI=1S/C12H8N2O6.Cu.2H2O/c15-7-3-1-5(11(17)18)13-9(7)10-8(16)4-2-6(14-10)12(19)20;;;/h1-4,15-16H,(H,17,18)(H,19,20);;2*1H2/q;+2;;/p-1. The minimum Gasteiger partial charge on any atom is -0.871 e. The summed E-state index contributed by atoms with van der Waals surface area (Å²) in [4.78, 5) is 28.6. The third-order valence-corrected chi connectivity index (χ3v) is 2.38. The van der Waals surface area contributed by atoms with Crippen molar-refractivity contribution < 1.29 is 58.0 Å². The van der Waals surface area contributed by atoms with Crippen molar-refractivity contribution in [1.29, 1.82) is 0 Å². The summed E-state index contributed by atoms with van der Waals surface area (Å²) in [5.74, 6) is -4.18. The molecule has 0 aliphatic rings. The minimum absolute atomic E-state index is 0. The Balaban J connectivity index is 0. The summed E-state index contributed by atoms with van der Waals surface area (Å²) in [7, 11) is 0. The van der Waals surface area contributed by atoms with E-state index in [1.807, 2.05) is 0 Å². The fourth-order valence-electron chi connectivity index (χ4n) is 1.47. The summed E-state index contributed by atoms with van der Waals surface area (Å²) in [6.45, 7) is 0. The van der Waals surface area contributed by atoms with Crippen LogP contribution in [-0.2, 0) is 22.5 Å². The van der Waals surface area contributed by atoms with Gasteiger partial charge in [-0.25, -0.2) is 14.8 Å². The predicted octanol–water partition coefficient (Wildman–Crippen LogP) is -2.76. The van der Waals surface area contributed by atoms with E-state index in [-0.39, 0.29) is 28.0 Å². The Hall–Kier alpha value is -2.72. The van der Waals surface area contributed by atoms with E-state index < -0.39 is 46.2 Å². The number of hydrogen-bond donors (Lipinski definition) is 2. The molecule has 2 aromatic rings. The van der Waals surface area contributed by atoms with Gasteiger partial charge in [0.15, 0.2) is 0 Å². The molecule has 0 spiro atoms. The van der Waals surface area contributed by atoms with Gasteiger partial charge < -0.3 is 36.2 Å². The summed E-state index contributed by atoms with van der Waals surface area (Å²) < 4.78 is 0. The van der Waals surface area contributed by atoms with E-state index in [4.69, 9.17) is 5.11 Å². The zero-order valence-electron chi connectivity index (χ0n) is 11.1. The fourth-order valence-corrected chi connectivity index (χ4v) is 1.47. The molecule has 11 heteroatoms. The third kappa shape index (κ3) is 4.63. The largest absolute Gasteiger partial charge is 2.00 e. The van der Waals surface area contributed by atoms with Crippen molar-refractivity contribution in [3.05, 3.63) is 35.7 Å². The summed E-state index contributed by atoms with van der Waals surface area (Å²) in [5.41, 5.74) is -1.82. The minimum atomic E-state index is -1.60. The Labute approximate surface area is 139 Å². The number of nitrogens with zero attached hydrogens (tertiary/aromatic N) is 2. The summed E-state index contributed by atoms with van der Waals surface area (Å²) in [6.07, 6.45) is 0. The van der Waals surface area contributed by atoms with Gasteiger partial charge >= 0.3 is 23.0 Å². The number of carboxylic acid groups (broad SMARTS) is 2. The van der Waals surface area contributed by atoms with Crippen LogP contribution in [0.15, 0.2) is 24.3 Å². The van der Waals surface area contributed by atoms with Crippen molar-refractivity contribution in [2.75, 3.05) is 0 Å². The fraction of sp³-hybridized carbons (Fsp3) is 0. The molecule has 0 bridgehead atoms. The number of aromatic hydroxyl groups is 1. The number of rotatable bonds is 3. The average Bonchev–Trinajstić information content (AvgIpc) is 2.39. The van der Waals surface area contributed by atoms with E-state index in [9.17, 15) is 24.9 Å². The van der Waals surface area contributed by atoms with Crippen molar-refractivity contribution in [1.82, 2.24) is 9.97 Å². The molecule has 2 aromatic heterocycles. The normalized spacial score (nSPS) is 8.87. The van der Waals surface area contributed by atoms with Crippen molar-refractivity contribution >= 4 is 11.9 Å². The van der Waals surface area contributed by atoms with Crippen LogP contribution >= 0.6 is 0 Å². The van der Waals surface area contributed by atoms with E-state index in [1.165, 1.54) is 0 Å². The molecule has 127 valence electrons. The van der Waals surface area contributed by atoms with E-state index in [2.05, 4.69) is 9.97 Å². The number of hydrogen-bond acceptors (Lipinski definition) is 7. The smallest absolute Gasteiger partial charge is 0.871 e. The average molecular weight is 375 g/mol. The summed E-state index contributed by atoms with van der Waals surface area (Å²) in [5, 5.41) is 40.8. The molecule has 2 heterocycles. The number of aromatic nitrogens is 2. The van der Waals surface area contributed by atoms with Crippen molar-refractivity contribution in [2.24, 2.45) is 0 Å². The first-order valence-electron chi connectivity index (χ1n) is 5.23. The van der Waals surface area contributed by atoms with Gasteiger partial charge in [0, 0.05) is 0 Å². The van der Waals surface area contributed by atoms with Crippen LogP contribution in [0, 0.1) is 0 Å². The van der Waals surface area contributed by atoms with Gasteiger partial charge in [-0.1, -0.05) is 11.8 Å². The first-order valence-corrected chi connectivity index (χ1v) is 5.23. The zero-order valence-corrected chi connectivity index (χ0v) is 12.1. The molecule has 10 nitrogen and oxygen atoms in total. The molecule has 0 amide bonds. The van der Waals surface area contributed by atoms with E-state index in [0.29, 0.717) is 0 Å². The molecule has 0 unspecified atom stereocenters. The van der Waals surface area contributed by atoms with Gasteiger partial charge in [-0.2, -0.15) is 0 Å². The van der Waals surface area contributed by atoms with E-state index >= 15 is 0 Å². The van der Waals surface area contributed by atoms with E-state index in [0.717, 1.165) is 24.3 Å². The Morgan fingerprint density at radius 1 is 1.00 bits per heavy atom. The summed E-state index contributed by atoms with van der Waals surface area (Å²) in [6, 6.07) is 3.92. The monoisotopic (exact) mass is 374 g/mol. The predicted molar refractivity (Wildman–Crippen MR) is 68.4 cm³/mol. The van der Waals surface area contributed by atoms with Gasteiger partial charge in [-0.05, 0) is 18.2 Å². The molecule has 1 radical (unpaired) electrons. The van der Waals surface area contributed by atoms with Crippen LogP contribution in [0.5, 0.6) is 11.5 Å². The molecular weight excluding hydrogens is 364 g/mol. The second-order valence-corrected chi connectivity index (χ2v) is 3.70. The molecule has 0 saturated carbocycles. The molecule has 7 N–H and O–H groups in total. The van der Waals surface area contributed by atoms with Crippen molar-refractivity contribution in [3.63, 3.8) is 0 Å². The van der Waals surface area contributed by atoms with Crippen molar-refractivity contribution in [3.8, 4) is 22.9 Å². The Kier molecular flexibility index (Phi) is 8.49. The second-order valence-electron chi connectivity index (χ2n) is 3.70. The maximum atomic E-state index is 11.7. The van der Waals surface area contributed by atoms with Gasteiger partial charge in [-0.3, -0.25) is 0 Å². The number of carboxylic acids is 2. The van der Waals surface area contributed by atoms with Crippen LogP contribution in [-0.4, -0.2) is 37.6 Å². The van der Waals surface area contributed by atoms with Crippen LogP contribution in [0.2, 0.25) is 0 Å². The first-order chi connectivity index (χ1) is 9.40. The quantitative estimate of drug-likeness (QED) is 0.422. The molecule has 23 heavy (non-hydrogen) atoms. The maximum absolute atomic E-state index is 11.7. The van der Waals surface area contributed by atoms with E-state index in [1.54, 1.807) is 0 Å². The number of aromatic carboxylic acids is 2. The topological polar surface area (TPSA) is 211 Å². The van der Waals surface area contributed by atoms with Crippen LogP contribution in [0.1, 0.15) is 21.0 Å². The molecule has 0 atom stereocenters. The van der Waals surface area contributed by atoms with Crippen LogP contribution in [0.25, 0.3) is 11.4 Å². The number of carbonyl (C=O) groups excluding carboxylic acids is 1.